The summed E-state index contributed by atoms with van der Waals surface area (Å²) in [5.41, 5.74) is 0.141. The van der Waals surface area contributed by atoms with Crippen molar-refractivity contribution >= 4 is 21.7 Å². The van der Waals surface area contributed by atoms with Gasteiger partial charge in [-0.1, -0.05) is 0 Å². The Bertz CT molecular complexity index is 732. The van der Waals surface area contributed by atoms with Gasteiger partial charge in [0.25, 0.3) is 0 Å². The van der Waals surface area contributed by atoms with Crippen LogP contribution in [-0.2, 0) is 10.0 Å². The minimum atomic E-state index is -3.29. The molecule has 0 saturated carbocycles. The molecule has 3 N–H and O–H groups in total. The number of hydrogen-bond donors (Lipinski definition) is 3. The molecule has 0 bridgehead atoms. The van der Waals surface area contributed by atoms with Crippen molar-refractivity contribution in [1.82, 2.24) is 10.0 Å². The third kappa shape index (κ3) is 6.43. The minimum Gasteiger partial charge on any atom is -0.490 e. The van der Waals surface area contributed by atoms with Crippen molar-refractivity contribution in [1.29, 1.82) is 0 Å². The molecule has 0 aromatic heterocycles. The minimum absolute atomic E-state index is 0.365. The number of hydrogen-bond acceptors (Lipinski definition) is 5. The maximum absolute atomic E-state index is 11.4. The highest BCUT2D eigenvalue weighted by Gasteiger charge is 2.22. The second-order valence-corrected chi connectivity index (χ2v) is 8.27. The Morgan fingerprint density at radius 1 is 1.24 bits per heavy atom. The van der Waals surface area contributed by atoms with E-state index in [0.29, 0.717) is 31.5 Å². The molecule has 8 nitrogen and oxygen atoms in total. The number of benzene rings is 1. The van der Waals surface area contributed by atoms with E-state index in [1.54, 1.807) is 20.9 Å². The molecule has 0 aliphatic carbocycles. The van der Waals surface area contributed by atoms with Crippen molar-refractivity contribution in [2.45, 2.75) is 25.8 Å². The zero-order chi connectivity index (χ0) is 18.5. The van der Waals surface area contributed by atoms with Crippen LogP contribution < -0.4 is 24.8 Å². The zero-order valence-electron chi connectivity index (χ0n) is 15.0. The molecule has 1 aromatic rings. The van der Waals surface area contributed by atoms with Crippen molar-refractivity contribution in [3.05, 3.63) is 18.2 Å². The summed E-state index contributed by atoms with van der Waals surface area (Å²) in [5.74, 6) is 1.94. The predicted molar refractivity (Wildman–Crippen MR) is 99.1 cm³/mol. The average molecular weight is 370 g/mol. The quantitative estimate of drug-likeness (QED) is 0.531. The maximum atomic E-state index is 11.4. The van der Waals surface area contributed by atoms with Gasteiger partial charge in [-0.05, 0) is 26.0 Å². The molecule has 0 radical (unpaired) electrons. The lowest BCUT2D eigenvalue weighted by atomic mass is 10.1. The van der Waals surface area contributed by atoms with Crippen LogP contribution in [0.1, 0.15) is 20.3 Å². The number of anilines is 1. The average Bonchev–Trinajstić information content (AvgIpc) is 2.73. The van der Waals surface area contributed by atoms with Gasteiger partial charge in [-0.2, -0.15) is 0 Å². The summed E-state index contributed by atoms with van der Waals surface area (Å²) in [4.78, 5) is 4.16. The fraction of sp³-hybridized carbons (Fsp3) is 0.562. The van der Waals surface area contributed by atoms with Crippen LogP contribution in [0, 0.1) is 0 Å². The van der Waals surface area contributed by atoms with Crippen LogP contribution in [0.2, 0.25) is 0 Å². The molecule has 0 saturated heterocycles. The second kappa shape index (κ2) is 7.92. The summed E-state index contributed by atoms with van der Waals surface area (Å²) < 4.78 is 36.7. The van der Waals surface area contributed by atoms with Gasteiger partial charge >= 0.3 is 0 Å². The molecule has 9 heteroatoms. The van der Waals surface area contributed by atoms with E-state index >= 15 is 0 Å². The number of nitrogens with zero attached hydrogens (tertiary/aromatic N) is 1. The predicted octanol–water partition coefficient (Wildman–Crippen LogP) is 1.16. The second-order valence-electron chi connectivity index (χ2n) is 6.52. The summed E-state index contributed by atoms with van der Waals surface area (Å²) in [6, 6.07) is 5.58. The van der Waals surface area contributed by atoms with Crippen molar-refractivity contribution in [2.75, 3.05) is 38.4 Å². The molecule has 1 aliphatic rings. The Balaban J connectivity index is 1.99. The van der Waals surface area contributed by atoms with Gasteiger partial charge in [0.05, 0.1) is 19.5 Å². The van der Waals surface area contributed by atoms with Crippen molar-refractivity contribution in [2.24, 2.45) is 4.99 Å². The van der Waals surface area contributed by atoms with E-state index < -0.39 is 15.6 Å². The summed E-state index contributed by atoms with van der Waals surface area (Å²) in [6.45, 7) is 5.22. The lowest BCUT2D eigenvalue weighted by molar-refractivity contribution is 0.297. The molecule has 1 aliphatic heterocycles. The van der Waals surface area contributed by atoms with Crippen molar-refractivity contribution in [3.8, 4) is 11.5 Å². The van der Waals surface area contributed by atoms with Gasteiger partial charge in [-0.15, -0.1) is 0 Å². The first-order chi connectivity index (χ1) is 11.7. The molecule has 1 heterocycles. The van der Waals surface area contributed by atoms with Gasteiger partial charge in [0, 0.05) is 37.3 Å². The number of sulfonamides is 1. The standard InChI is InChI=1S/C16H26N4O4S/c1-16(2,20-25(4,21)22)11-18-15(17-3)19-12-6-7-13-14(10-12)24-9-5-8-23-13/h6-7,10,20H,5,8-9,11H2,1-4H3,(H2,17,18,19). The van der Waals surface area contributed by atoms with Gasteiger partial charge in [-0.25, -0.2) is 13.1 Å². The number of aliphatic imine (C=N–C) groups is 1. The highest BCUT2D eigenvalue weighted by Crippen LogP contribution is 2.32. The smallest absolute Gasteiger partial charge is 0.209 e. The monoisotopic (exact) mass is 370 g/mol. The van der Waals surface area contributed by atoms with Crippen LogP contribution in [0.15, 0.2) is 23.2 Å². The van der Waals surface area contributed by atoms with E-state index in [0.717, 1.165) is 24.1 Å². The number of nitrogens with one attached hydrogen (secondary N) is 3. The molecule has 0 atom stereocenters. The van der Waals surface area contributed by atoms with Gasteiger partial charge in [0.15, 0.2) is 17.5 Å². The molecule has 0 unspecified atom stereocenters. The summed E-state index contributed by atoms with van der Waals surface area (Å²) in [6.07, 6.45) is 1.99. The highest BCUT2D eigenvalue weighted by atomic mass is 32.2. The van der Waals surface area contributed by atoms with Crippen molar-refractivity contribution in [3.63, 3.8) is 0 Å². The highest BCUT2D eigenvalue weighted by molar-refractivity contribution is 7.88. The van der Waals surface area contributed by atoms with Crippen LogP contribution >= 0.6 is 0 Å². The first-order valence-corrected chi connectivity index (χ1v) is 9.94. The molecule has 0 spiro atoms. The maximum Gasteiger partial charge on any atom is 0.209 e. The Labute approximate surface area is 149 Å². The molecule has 140 valence electrons. The largest absolute Gasteiger partial charge is 0.490 e. The molecule has 1 aromatic carbocycles. The molecule has 25 heavy (non-hydrogen) atoms. The van der Waals surface area contributed by atoms with Crippen molar-refractivity contribution < 1.29 is 17.9 Å². The van der Waals surface area contributed by atoms with Gasteiger partial charge < -0.3 is 20.1 Å². The lowest BCUT2D eigenvalue weighted by Gasteiger charge is -2.26. The van der Waals surface area contributed by atoms with E-state index in [4.69, 9.17) is 9.47 Å². The molecular formula is C16H26N4O4S. The van der Waals surface area contributed by atoms with Crippen LogP contribution in [0.4, 0.5) is 5.69 Å². The fourth-order valence-corrected chi connectivity index (χ4v) is 3.48. The molecule has 0 fully saturated rings. The van der Waals surface area contributed by atoms with E-state index in [9.17, 15) is 8.42 Å². The third-order valence-corrected chi connectivity index (χ3v) is 4.32. The Kier molecular flexibility index (Phi) is 6.12. The Morgan fingerprint density at radius 3 is 2.56 bits per heavy atom. The number of ether oxygens (including phenoxy) is 2. The number of guanidine groups is 1. The summed E-state index contributed by atoms with van der Waals surface area (Å²) in [5, 5.41) is 6.27. The van der Waals surface area contributed by atoms with Crippen LogP contribution in [0.3, 0.4) is 0 Å². The van der Waals surface area contributed by atoms with E-state index in [-0.39, 0.29) is 0 Å². The number of fused-ring (bicyclic) bond motifs is 1. The van der Waals surface area contributed by atoms with E-state index in [1.807, 2.05) is 18.2 Å². The zero-order valence-corrected chi connectivity index (χ0v) is 15.9. The molecule has 2 rings (SSSR count). The first-order valence-electron chi connectivity index (χ1n) is 8.05. The van der Waals surface area contributed by atoms with Crippen LogP contribution in [-0.4, -0.2) is 53.0 Å². The van der Waals surface area contributed by atoms with E-state index in [2.05, 4.69) is 20.3 Å². The summed E-state index contributed by atoms with van der Waals surface area (Å²) >= 11 is 0. The van der Waals surface area contributed by atoms with Crippen LogP contribution in [0.25, 0.3) is 0 Å². The number of rotatable bonds is 5. The molecule has 0 amide bonds. The molecular weight excluding hydrogens is 344 g/mol. The lowest BCUT2D eigenvalue weighted by Crippen LogP contribution is -2.51. The van der Waals surface area contributed by atoms with Gasteiger partial charge in [0.2, 0.25) is 10.0 Å². The first kappa shape index (κ1) is 19.3. The van der Waals surface area contributed by atoms with Crippen LogP contribution in [0.5, 0.6) is 11.5 Å². The summed E-state index contributed by atoms with van der Waals surface area (Å²) in [7, 11) is -1.64. The normalized spacial score (nSPS) is 15.4. The van der Waals surface area contributed by atoms with Gasteiger partial charge in [-0.3, -0.25) is 4.99 Å². The SMILES string of the molecule is CN=C(NCC(C)(C)NS(C)(=O)=O)Nc1ccc2c(c1)OCCCO2. The fourth-order valence-electron chi connectivity index (χ4n) is 2.40. The van der Waals surface area contributed by atoms with Gasteiger partial charge in [0.1, 0.15) is 0 Å². The topological polar surface area (TPSA) is 101 Å². The Morgan fingerprint density at radius 2 is 1.92 bits per heavy atom. The Hall–Kier alpha value is -2.00. The van der Waals surface area contributed by atoms with E-state index in [1.165, 1.54) is 0 Å². The third-order valence-electron chi connectivity index (χ3n) is 3.39.